The number of hydrogen-bond acceptors (Lipinski definition) is 7. The third-order valence-electron chi connectivity index (χ3n) is 7.51. The molecule has 0 aromatic heterocycles. The number of rotatable bonds is 16. The molecule has 12 heteroatoms. The monoisotopic (exact) mass is 669 g/mol. The minimum atomic E-state index is -4.01. The van der Waals surface area contributed by atoms with Crippen molar-refractivity contribution in [1.29, 1.82) is 0 Å². The number of nitrogens with zero attached hydrogens (tertiary/aromatic N) is 1. The summed E-state index contributed by atoms with van der Waals surface area (Å²) in [7, 11) is -4.01. The summed E-state index contributed by atoms with van der Waals surface area (Å²) < 4.78 is 42.1. The van der Waals surface area contributed by atoms with Crippen LogP contribution in [0.1, 0.15) is 45.7 Å². The number of hydrogen-bond donors (Lipinski definition) is 5. The van der Waals surface area contributed by atoms with E-state index in [4.69, 9.17) is 5.73 Å². The minimum Gasteiger partial charge on any atom is -0.399 e. The Morgan fingerprint density at radius 3 is 2.15 bits per heavy atom. The lowest BCUT2D eigenvalue weighted by Crippen LogP contribution is -2.59. The summed E-state index contributed by atoms with van der Waals surface area (Å²) in [4.78, 5) is 26.8. The summed E-state index contributed by atoms with van der Waals surface area (Å²) in [5.41, 5.74) is 6.98. The van der Waals surface area contributed by atoms with E-state index in [1.54, 1.807) is 12.1 Å². The Morgan fingerprint density at radius 1 is 0.915 bits per heavy atom. The first-order valence-corrected chi connectivity index (χ1v) is 17.1. The maximum absolute atomic E-state index is 13.8. The van der Waals surface area contributed by atoms with Gasteiger partial charge in [-0.3, -0.25) is 9.59 Å². The Kier molecular flexibility index (Phi) is 13.5. The Hall–Kier alpha value is -3.84. The number of halogens is 1. The summed E-state index contributed by atoms with van der Waals surface area (Å²) in [6.45, 7) is 9.19. The smallest absolute Gasteiger partial charge is 0.243 e. The second kappa shape index (κ2) is 16.8. The first kappa shape index (κ1) is 37.6. The van der Waals surface area contributed by atoms with Gasteiger partial charge >= 0.3 is 0 Å². The average molecular weight is 670 g/mol. The van der Waals surface area contributed by atoms with Gasteiger partial charge in [0.1, 0.15) is 11.9 Å². The number of carbonyl (C=O) groups is 2. The van der Waals surface area contributed by atoms with E-state index in [0.717, 1.165) is 5.56 Å². The van der Waals surface area contributed by atoms with Crippen molar-refractivity contribution >= 4 is 27.5 Å². The molecule has 0 spiro atoms. The molecule has 0 bridgehead atoms. The van der Waals surface area contributed by atoms with Crippen LogP contribution in [0.5, 0.6) is 0 Å². The number of sulfonamides is 1. The molecule has 0 unspecified atom stereocenters. The van der Waals surface area contributed by atoms with Gasteiger partial charge in [0.15, 0.2) is 0 Å². The van der Waals surface area contributed by atoms with Crippen LogP contribution < -0.4 is 21.7 Å². The van der Waals surface area contributed by atoms with Crippen LogP contribution in [0.2, 0.25) is 0 Å². The molecule has 47 heavy (non-hydrogen) atoms. The lowest BCUT2D eigenvalue weighted by atomic mass is 9.85. The molecule has 3 aromatic rings. The van der Waals surface area contributed by atoms with E-state index in [-0.39, 0.29) is 49.2 Å². The van der Waals surface area contributed by atoms with Crippen molar-refractivity contribution in [2.75, 3.05) is 25.4 Å². The van der Waals surface area contributed by atoms with Crippen LogP contribution in [0.3, 0.4) is 0 Å². The van der Waals surface area contributed by atoms with E-state index in [1.165, 1.54) is 40.7 Å². The van der Waals surface area contributed by atoms with Crippen molar-refractivity contribution < 1.29 is 27.5 Å². The van der Waals surface area contributed by atoms with Gasteiger partial charge in [-0.05, 0) is 65.3 Å². The van der Waals surface area contributed by atoms with Crippen molar-refractivity contribution in [2.45, 2.75) is 70.7 Å². The molecule has 0 aliphatic rings. The summed E-state index contributed by atoms with van der Waals surface area (Å²) in [5.74, 6) is -1.38. The van der Waals surface area contributed by atoms with Gasteiger partial charge in [0.2, 0.25) is 21.8 Å². The van der Waals surface area contributed by atoms with Crippen molar-refractivity contribution in [2.24, 2.45) is 11.3 Å². The van der Waals surface area contributed by atoms with Gasteiger partial charge in [-0.2, -0.15) is 4.31 Å². The quantitative estimate of drug-likeness (QED) is 0.147. The van der Waals surface area contributed by atoms with Crippen LogP contribution in [0.4, 0.5) is 10.1 Å². The number of carbonyl (C=O) groups excluding carboxylic acids is 2. The zero-order chi connectivity index (χ0) is 34.8. The van der Waals surface area contributed by atoms with Crippen molar-refractivity contribution in [3.05, 3.63) is 95.8 Å². The molecule has 256 valence electrons. The second-order valence-corrected chi connectivity index (χ2v) is 15.2. The highest BCUT2D eigenvalue weighted by atomic mass is 32.2. The number of anilines is 1. The number of aliphatic hydroxyl groups is 1. The molecular formula is C35H48FN5O5S. The predicted octanol–water partition coefficient (Wildman–Crippen LogP) is 3.46. The van der Waals surface area contributed by atoms with Crippen molar-refractivity contribution in [3.8, 4) is 0 Å². The van der Waals surface area contributed by atoms with E-state index < -0.39 is 45.4 Å². The van der Waals surface area contributed by atoms with Crippen LogP contribution in [0, 0.1) is 17.2 Å². The van der Waals surface area contributed by atoms with Crippen molar-refractivity contribution in [3.63, 3.8) is 0 Å². The van der Waals surface area contributed by atoms with Gasteiger partial charge in [-0.15, -0.1) is 0 Å². The highest BCUT2D eigenvalue weighted by molar-refractivity contribution is 7.89. The Morgan fingerprint density at radius 2 is 1.55 bits per heavy atom. The lowest BCUT2D eigenvalue weighted by Gasteiger charge is -2.34. The standard InChI is InChI=1S/C35H48FN5O5S/c1-24(2)22-41(47(45,46)29-16-14-28(37)15-17-29)23-31(42)30(19-25-10-7-6-8-11-25)39-34(44)33(35(3,4)5)40-32(43)21-38-20-26-12-9-13-27(36)18-26/h6-18,24,30-31,33,38,42H,19-23,37H2,1-5H3,(H,39,44)(H,40,43)/t30-,31+,33+/m0/s1. The van der Waals surface area contributed by atoms with Crippen molar-refractivity contribution in [1.82, 2.24) is 20.3 Å². The van der Waals surface area contributed by atoms with Gasteiger partial charge in [0, 0.05) is 25.3 Å². The van der Waals surface area contributed by atoms with Crippen LogP contribution in [0.25, 0.3) is 0 Å². The zero-order valence-corrected chi connectivity index (χ0v) is 28.6. The molecule has 0 aliphatic carbocycles. The number of nitrogens with two attached hydrogens (primary N) is 1. The van der Waals surface area contributed by atoms with E-state index >= 15 is 0 Å². The Balaban J connectivity index is 1.80. The second-order valence-electron chi connectivity index (χ2n) is 13.3. The van der Waals surface area contributed by atoms with Crippen LogP contribution >= 0.6 is 0 Å². The molecule has 0 fully saturated rings. The van der Waals surface area contributed by atoms with E-state index in [0.29, 0.717) is 11.3 Å². The van der Waals surface area contributed by atoms with Crippen LogP contribution in [0.15, 0.2) is 83.8 Å². The highest BCUT2D eigenvalue weighted by Crippen LogP contribution is 2.22. The number of nitrogens with one attached hydrogen (secondary N) is 3. The first-order chi connectivity index (χ1) is 22.1. The van der Waals surface area contributed by atoms with Crippen LogP contribution in [-0.2, 0) is 32.6 Å². The van der Waals surface area contributed by atoms with Crippen LogP contribution in [-0.4, -0.2) is 67.5 Å². The molecule has 0 aliphatic heterocycles. The molecule has 10 nitrogen and oxygen atoms in total. The molecule has 2 amide bonds. The SMILES string of the molecule is CC(C)CN(C[C@@H](O)[C@H](Cc1ccccc1)NC(=O)[C@@H](NC(=O)CNCc1cccc(F)c1)C(C)(C)C)S(=O)(=O)c1ccc(N)cc1. The maximum Gasteiger partial charge on any atom is 0.243 e. The Bertz CT molecular complexity index is 1560. The topological polar surface area (TPSA) is 154 Å². The summed E-state index contributed by atoms with van der Waals surface area (Å²) >= 11 is 0. The molecular weight excluding hydrogens is 621 g/mol. The predicted molar refractivity (Wildman–Crippen MR) is 182 cm³/mol. The van der Waals surface area contributed by atoms with Gasteiger partial charge in [0.05, 0.1) is 23.6 Å². The van der Waals surface area contributed by atoms with Gasteiger partial charge in [-0.1, -0.05) is 77.1 Å². The number of benzene rings is 3. The minimum absolute atomic E-state index is 0.0460. The fraction of sp³-hybridized carbons (Fsp3) is 0.429. The Labute approximate surface area is 278 Å². The van der Waals surface area contributed by atoms with E-state index in [9.17, 15) is 27.5 Å². The third-order valence-corrected chi connectivity index (χ3v) is 9.35. The van der Waals surface area contributed by atoms with E-state index in [2.05, 4.69) is 16.0 Å². The average Bonchev–Trinajstić information content (AvgIpc) is 2.99. The molecule has 0 saturated carbocycles. The van der Waals surface area contributed by atoms with Gasteiger partial charge in [0.25, 0.3) is 0 Å². The summed E-state index contributed by atoms with van der Waals surface area (Å²) in [6.07, 6.45) is -1.09. The zero-order valence-electron chi connectivity index (χ0n) is 27.7. The molecule has 3 atom stereocenters. The molecule has 6 N–H and O–H groups in total. The molecule has 3 aromatic carbocycles. The summed E-state index contributed by atoms with van der Waals surface area (Å²) in [6, 6.07) is 19.3. The van der Waals surface area contributed by atoms with E-state index in [1.807, 2.05) is 65.0 Å². The normalized spacial score (nSPS) is 14.1. The number of amides is 2. The summed E-state index contributed by atoms with van der Waals surface area (Å²) in [5, 5.41) is 20.3. The molecule has 0 saturated heterocycles. The van der Waals surface area contributed by atoms with Gasteiger partial charge < -0.3 is 26.8 Å². The largest absolute Gasteiger partial charge is 0.399 e. The van der Waals surface area contributed by atoms with Gasteiger partial charge in [-0.25, -0.2) is 12.8 Å². The molecule has 0 heterocycles. The third kappa shape index (κ3) is 11.7. The maximum atomic E-state index is 13.8. The fourth-order valence-corrected chi connectivity index (χ4v) is 6.70. The lowest BCUT2D eigenvalue weighted by molar-refractivity contribution is -0.132. The first-order valence-electron chi connectivity index (χ1n) is 15.7. The number of aliphatic hydroxyl groups excluding tert-OH is 1. The molecule has 0 radical (unpaired) electrons. The molecule has 3 rings (SSSR count). The number of nitrogen functional groups attached to an aromatic ring is 1. The highest BCUT2D eigenvalue weighted by Gasteiger charge is 2.36. The fourth-order valence-electron chi connectivity index (χ4n) is 5.07.